The fraction of sp³-hybridized carbons (Fsp3) is 0.385. The molecule has 1 unspecified atom stereocenters. The van der Waals surface area contributed by atoms with Crippen LogP contribution in [0.1, 0.15) is 6.42 Å². The molecule has 1 atom stereocenters. The molecule has 0 radical (unpaired) electrons. The highest BCUT2D eigenvalue weighted by Gasteiger charge is 2.18. The Hall–Kier alpha value is -1.93. The molecule has 8 heteroatoms. The zero-order valence-corrected chi connectivity index (χ0v) is 12.2. The first-order valence-electron chi connectivity index (χ1n) is 6.74. The normalized spacial score (nSPS) is 18.4. The second-order valence-corrected chi connectivity index (χ2v) is 5.84. The van der Waals surface area contributed by atoms with Crippen molar-refractivity contribution in [3.05, 3.63) is 31.0 Å². The van der Waals surface area contributed by atoms with Crippen LogP contribution in [0.25, 0.3) is 5.82 Å². The molecule has 1 aliphatic rings. The van der Waals surface area contributed by atoms with Crippen LogP contribution in [0, 0.1) is 0 Å². The van der Waals surface area contributed by atoms with Gasteiger partial charge in [0.15, 0.2) is 5.82 Å². The Balaban J connectivity index is 1.68. The predicted molar refractivity (Wildman–Crippen MR) is 81.5 cm³/mol. The third-order valence-corrected chi connectivity index (χ3v) is 4.26. The van der Waals surface area contributed by atoms with Crippen LogP contribution >= 0.6 is 11.8 Å². The number of carbonyl (C=O) groups is 1. The van der Waals surface area contributed by atoms with Crippen LogP contribution < -0.4 is 10.6 Å². The Morgan fingerprint density at radius 3 is 3.29 bits per heavy atom. The van der Waals surface area contributed by atoms with E-state index in [-0.39, 0.29) is 11.9 Å². The standard InChI is InChI=1S/C13H16N6OS/c20-12(6-10-7-21-5-4-15-10)18-11-2-1-3-16-13(11)19-9-14-8-17-19/h1-3,8-10,15H,4-7H2,(H,18,20). The van der Waals surface area contributed by atoms with Gasteiger partial charge in [-0.25, -0.2) is 14.6 Å². The van der Waals surface area contributed by atoms with Crippen molar-refractivity contribution in [2.24, 2.45) is 0 Å². The number of thioether (sulfide) groups is 1. The number of nitrogens with one attached hydrogen (secondary N) is 2. The highest BCUT2D eigenvalue weighted by molar-refractivity contribution is 7.99. The van der Waals surface area contributed by atoms with Gasteiger partial charge in [-0.05, 0) is 12.1 Å². The molecule has 3 heterocycles. The van der Waals surface area contributed by atoms with Gasteiger partial charge >= 0.3 is 0 Å². The van der Waals surface area contributed by atoms with E-state index in [0.717, 1.165) is 18.1 Å². The minimum atomic E-state index is -0.0237. The lowest BCUT2D eigenvalue weighted by Crippen LogP contribution is -2.40. The summed E-state index contributed by atoms with van der Waals surface area (Å²) in [7, 11) is 0. The number of carbonyl (C=O) groups excluding carboxylic acids is 1. The molecule has 0 spiro atoms. The van der Waals surface area contributed by atoms with Gasteiger partial charge in [0.1, 0.15) is 12.7 Å². The molecule has 1 fully saturated rings. The van der Waals surface area contributed by atoms with Crippen molar-refractivity contribution in [2.45, 2.75) is 12.5 Å². The SMILES string of the molecule is O=C(CC1CSCCN1)Nc1cccnc1-n1cncn1. The van der Waals surface area contributed by atoms with Gasteiger partial charge in [-0.15, -0.1) is 0 Å². The van der Waals surface area contributed by atoms with Crippen molar-refractivity contribution in [1.29, 1.82) is 0 Å². The van der Waals surface area contributed by atoms with Crippen molar-refractivity contribution >= 4 is 23.4 Å². The zero-order valence-electron chi connectivity index (χ0n) is 11.4. The summed E-state index contributed by atoms with van der Waals surface area (Å²) in [5.41, 5.74) is 0.636. The summed E-state index contributed by atoms with van der Waals surface area (Å²) in [5.74, 6) is 2.62. The van der Waals surface area contributed by atoms with Crippen LogP contribution in [-0.4, -0.2) is 49.7 Å². The lowest BCUT2D eigenvalue weighted by atomic mass is 10.2. The van der Waals surface area contributed by atoms with E-state index in [1.807, 2.05) is 17.8 Å². The first-order chi connectivity index (χ1) is 10.3. The summed E-state index contributed by atoms with van der Waals surface area (Å²) in [6.45, 7) is 0.958. The number of amides is 1. The summed E-state index contributed by atoms with van der Waals surface area (Å²) in [4.78, 5) is 20.3. The van der Waals surface area contributed by atoms with Crippen molar-refractivity contribution < 1.29 is 4.79 Å². The van der Waals surface area contributed by atoms with E-state index < -0.39 is 0 Å². The van der Waals surface area contributed by atoms with Gasteiger partial charge in [0, 0.05) is 36.7 Å². The molecular weight excluding hydrogens is 288 g/mol. The van der Waals surface area contributed by atoms with Crippen LogP contribution in [0.2, 0.25) is 0 Å². The van der Waals surface area contributed by atoms with E-state index in [2.05, 4.69) is 25.7 Å². The number of hydrogen-bond donors (Lipinski definition) is 2. The summed E-state index contributed by atoms with van der Waals surface area (Å²) in [6, 6.07) is 3.82. The number of anilines is 1. The van der Waals surface area contributed by atoms with Crippen molar-refractivity contribution in [3.8, 4) is 5.82 Å². The van der Waals surface area contributed by atoms with Crippen LogP contribution in [-0.2, 0) is 4.79 Å². The van der Waals surface area contributed by atoms with Gasteiger partial charge in [-0.3, -0.25) is 4.79 Å². The zero-order chi connectivity index (χ0) is 14.5. The minimum absolute atomic E-state index is 0.0237. The molecule has 1 amide bonds. The maximum Gasteiger partial charge on any atom is 0.226 e. The van der Waals surface area contributed by atoms with Crippen molar-refractivity contribution in [2.75, 3.05) is 23.4 Å². The van der Waals surface area contributed by atoms with Gasteiger partial charge in [0.05, 0.1) is 5.69 Å². The van der Waals surface area contributed by atoms with E-state index in [1.54, 1.807) is 18.6 Å². The van der Waals surface area contributed by atoms with Crippen LogP contribution in [0.5, 0.6) is 0 Å². The topological polar surface area (TPSA) is 84.7 Å². The third kappa shape index (κ3) is 3.59. The molecular formula is C13H16N6OS. The van der Waals surface area contributed by atoms with E-state index in [9.17, 15) is 4.79 Å². The Kier molecular flexibility index (Phi) is 4.46. The minimum Gasteiger partial charge on any atom is -0.323 e. The van der Waals surface area contributed by atoms with Gasteiger partial charge in [-0.1, -0.05) is 0 Å². The second kappa shape index (κ2) is 6.68. The summed E-state index contributed by atoms with van der Waals surface area (Å²) in [6.07, 6.45) is 5.10. The average Bonchev–Trinajstić information content (AvgIpc) is 3.03. The first kappa shape index (κ1) is 14.0. The molecule has 110 valence electrons. The van der Waals surface area contributed by atoms with Gasteiger partial charge in [-0.2, -0.15) is 16.9 Å². The maximum atomic E-state index is 12.2. The number of rotatable bonds is 4. The Bertz CT molecular complexity index is 596. The number of hydrogen-bond acceptors (Lipinski definition) is 6. The predicted octanol–water partition coefficient (Wildman–Crippen LogP) is 0.696. The first-order valence-corrected chi connectivity index (χ1v) is 7.89. The quantitative estimate of drug-likeness (QED) is 0.865. The third-order valence-electron chi connectivity index (χ3n) is 3.13. The van der Waals surface area contributed by atoms with Gasteiger partial charge in [0.2, 0.25) is 5.91 Å². The Labute approximate surface area is 126 Å². The van der Waals surface area contributed by atoms with Crippen molar-refractivity contribution in [3.63, 3.8) is 0 Å². The second-order valence-electron chi connectivity index (χ2n) is 4.69. The lowest BCUT2D eigenvalue weighted by Gasteiger charge is -2.22. The largest absolute Gasteiger partial charge is 0.323 e. The molecule has 0 bridgehead atoms. The summed E-state index contributed by atoms with van der Waals surface area (Å²) >= 11 is 1.88. The molecule has 3 rings (SSSR count). The van der Waals surface area contributed by atoms with Crippen molar-refractivity contribution in [1.82, 2.24) is 25.1 Å². The summed E-state index contributed by atoms with van der Waals surface area (Å²) in [5, 5.41) is 10.3. The summed E-state index contributed by atoms with van der Waals surface area (Å²) < 4.78 is 1.53. The lowest BCUT2D eigenvalue weighted by molar-refractivity contribution is -0.116. The average molecular weight is 304 g/mol. The van der Waals surface area contributed by atoms with Gasteiger partial charge in [0.25, 0.3) is 0 Å². The molecule has 21 heavy (non-hydrogen) atoms. The number of aromatic nitrogens is 4. The smallest absolute Gasteiger partial charge is 0.226 e. The van der Waals surface area contributed by atoms with Crippen LogP contribution in [0.15, 0.2) is 31.0 Å². The Morgan fingerprint density at radius 2 is 2.52 bits per heavy atom. The van der Waals surface area contributed by atoms with E-state index in [0.29, 0.717) is 17.9 Å². The maximum absolute atomic E-state index is 12.2. The van der Waals surface area contributed by atoms with Crippen LogP contribution in [0.4, 0.5) is 5.69 Å². The van der Waals surface area contributed by atoms with E-state index in [4.69, 9.17) is 0 Å². The van der Waals surface area contributed by atoms with E-state index in [1.165, 1.54) is 11.0 Å². The molecule has 1 saturated heterocycles. The Morgan fingerprint density at radius 1 is 1.57 bits per heavy atom. The molecule has 0 aliphatic carbocycles. The fourth-order valence-electron chi connectivity index (χ4n) is 2.17. The molecule has 2 aromatic heterocycles. The fourth-order valence-corrected chi connectivity index (χ4v) is 3.12. The van der Waals surface area contributed by atoms with Crippen LogP contribution in [0.3, 0.4) is 0 Å². The number of pyridine rings is 1. The van der Waals surface area contributed by atoms with Gasteiger partial charge < -0.3 is 10.6 Å². The highest BCUT2D eigenvalue weighted by Crippen LogP contribution is 2.17. The number of nitrogens with zero attached hydrogens (tertiary/aromatic N) is 4. The molecule has 1 aliphatic heterocycles. The molecule has 2 N–H and O–H groups in total. The molecule has 0 saturated carbocycles. The molecule has 7 nitrogen and oxygen atoms in total. The molecule has 0 aromatic carbocycles. The molecule has 2 aromatic rings. The highest BCUT2D eigenvalue weighted by atomic mass is 32.2. The van der Waals surface area contributed by atoms with E-state index >= 15 is 0 Å². The monoisotopic (exact) mass is 304 g/mol.